The lowest BCUT2D eigenvalue weighted by Crippen LogP contribution is -2.03. The summed E-state index contributed by atoms with van der Waals surface area (Å²) in [5, 5.41) is 10.7. The lowest BCUT2D eigenvalue weighted by Gasteiger charge is -2.08. The molecule has 1 heterocycles. The van der Waals surface area contributed by atoms with E-state index in [0.29, 0.717) is 12.2 Å². The van der Waals surface area contributed by atoms with Gasteiger partial charge in [-0.05, 0) is 18.6 Å². The third-order valence-corrected chi connectivity index (χ3v) is 2.32. The van der Waals surface area contributed by atoms with E-state index in [-0.39, 0.29) is 5.82 Å². The fourth-order valence-corrected chi connectivity index (χ4v) is 1.51. The van der Waals surface area contributed by atoms with Crippen LogP contribution in [-0.4, -0.2) is 15.0 Å². The number of nitrogens with one attached hydrogen (secondary N) is 1. The predicted molar refractivity (Wildman–Crippen MR) is 59.5 cm³/mol. The van der Waals surface area contributed by atoms with Gasteiger partial charge in [-0.25, -0.2) is 4.39 Å². The number of hydrogen-bond acceptors (Lipinski definition) is 3. The fourth-order valence-electron chi connectivity index (χ4n) is 1.51. The molecule has 5 heteroatoms. The zero-order valence-corrected chi connectivity index (χ0v) is 9.24. The van der Waals surface area contributed by atoms with Crippen molar-refractivity contribution in [3.63, 3.8) is 0 Å². The first-order valence-corrected chi connectivity index (χ1v) is 5.01. The highest BCUT2D eigenvalue weighted by Crippen LogP contribution is 2.19. The number of hydrogen-bond donors (Lipinski definition) is 1. The summed E-state index contributed by atoms with van der Waals surface area (Å²) in [7, 11) is 1.80. The van der Waals surface area contributed by atoms with Crippen LogP contribution in [0.5, 0.6) is 0 Å². The minimum absolute atomic E-state index is 0.246. The van der Waals surface area contributed by atoms with Crippen LogP contribution < -0.4 is 5.32 Å². The van der Waals surface area contributed by atoms with E-state index in [0.717, 1.165) is 11.3 Å². The van der Waals surface area contributed by atoms with Gasteiger partial charge in [0.15, 0.2) is 0 Å². The topological polar surface area (TPSA) is 42.7 Å². The molecule has 0 radical (unpaired) electrons. The third kappa shape index (κ3) is 2.18. The van der Waals surface area contributed by atoms with E-state index in [1.54, 1.807) is 24.0 Å². The van der Waals surface area contributed by atoms with Gasteiger partial charge in [0.05, 0.1) is 12.2 Å². The highest BCUT2D eigenvalue weighted by Gasteiger charge is 2.05. The SMILES string of the molecule is Cc1cccc(F)c1NCc1cn(C)nn1. The molecular weight excluding hydrogens is 207 g/mol. The highest BCUT2D eigenvalue weighted by atomic mass is 19.1. The number of aromatic nitrogens is 3. The molecule has 84 valence electrons. The van der Waals surface area contributed by atoms with Crippen molar-refractivity contribution in [2.24, 2.45) is 7.05 Å². The molecular formula is C11H13FN4. The van der Waals surface area contributed by atoms with E-state index in [2.05, 4.69) is 15.6 Å². The molecule has 0 saturated heterocycles. The van der Waals surface area contributed by atoms with Gasteiger partial charge in [0.1, 0.15) is 11.5 Å². The Morgan fingerprint density at radius 2 is 2.25 bits per heavy atom. The van der Waals surface area contributed by atoms with Crippen molar-refractivity contribution in [2.45, 2.75) is 13.5 Å². The Labute approximate surface area is 93.1 Å². The smallest absolute Gasteiger partial charge is 0.146 e. The van der Waals surface area contributed by atoms with Crippen LogP contribution in [-0.2, 0) is 13.6 Å². The molecule has 0 fully saturated rings. The molecule has 0 saturated carbocycles. The normalized spacial score (nSPS) is 10.4. The zero-order valence-electron chi connectivity index (χ0n) is 9.24. The molecule has 1 aromatic heterocycles. The van der Waals surface area contributed by atoms with Crippen molar-refractivity contribution in [3.05, 3.63) is 41.5 Å². The van der Waals surface area contributed by atoms with Gasteiger partial charge in [0, 0.05) is 13.2 Å². The van der Waals surface area contributed by atoms with Gasteiger partial charge in [0.2, 0.25) is 0 Å². The lowest BCUT2D eigenvalue weighted by molar-refractivity contribution is 0.629. The first-order valence-electron chi connectivity index (χ1n) is 5.01. The monoisotopic (exact) mass is 220 g/mol. The van der Waals surface area contributed by atoms with E-state index in [4.69, 9.17) is 0 Å². The molecule has 0 aliphatic rings. The van der Waals surface area contributed by atoms with Crippen molar-refractivity contribution >= 4 is 5.69 Å². The number of para-hydroxylation sites is 1. The molecule has 1 aromatic carbocycles. The first kappa shape index (κ1) is 10.6. The Bertz CT molecular complexity index is 472. The Morgan fingerprint density at radius 3 is 2.88 bits per heavy atom. The standard InChI is InChI=1S/C11H13FN4/c1-8-4-3-5-10(12)11(8)13-6-9-7-16(2)15-14-9/h3-5,7,13H,6H2,1-2H3. The Morgan fingerprint density at radius 1 is 1.44 bits per heavy atom. The number of anilines is 1. The third-order valence-electron chi connectivity index (χ3n) is 2.32. The number of aryl methyl sites for hydroxylation is 2. The molecule has 0 spiro atoms. The van der Waals surface area contributed by atoms with Crippen molar-refractivity contribution < 1.29 is 4.39 Å². The molecule has 0 atom stereocenters. The summed E-state index contributed by atoms with van der Waals surface area (Å²) in [5.41, 5.74) is 2.18. The van der Waals surface area contributed by atoms with Crippen molar-refractivity contribution in [3.8, 4) is 0 Å². The summed E-state index contributed by atoms with van der Waals surface area (Å²) >= 11 is 0. The zero-order chi connectivity index (χ0) is 11.5. The van der Waals surface area contributed by atoms with Gasteiger partial charge in [-0.2, -0.15) is 0 Å². The number of nitrogens with zero attached hydrogens (tertiary/aromatic N) is 3. The lowest BCUT2D eigenvalue weighted by atomic mass is 10.2. The molecule has 0 bridgehead atoms. The van der Waals surface area contributed by atoms with Gasteiger partial charge in [-0.3, -0.25) is 4.68 Å². The Kier molecular flexibility index (Phi) is 2.85. The van der Waals surface area contributed by atoms with Gasteiger partial charge in [0.25, 0.3) is 0 Å². The number of halogens is 1. The highest BCUT2D eigenvalue weighted by molar-refractivity contribution is 5.51. The molecule has 1 N–H and O–H groups in total. The van der Waals surface area contributed by atoms with Crippen LogP contribution in [0.1, 0.15) is 11.3 Å². The van der Waals surface area contributed by atoms with Crippen LogP contribution in [0.15, 0.2) is 24.4 Å². The molecule has 16 heavy (non-hydrogen) atoms. The molecule has 0 aliphatic carbocycles. The Hall–Kier alpha value is -1.91. The maximum Gasteiger partial charge on any atom is 0.146 e. The van der Waals surface area contributed by atoms with Crippen LogP contribution in [0.3, 0.4) is 0 Å². The van der Waals surface area contributed by atoms with E-state index in [1.165, 1.54) is 6.07 Å². The van der Waals surface area contributed by atoms with Crippen molar-refractivity contribution in [1.82, 2.24) is 15.0 Å². The summed E-state index contributed by atoms with van der Waals surface area (Å²) in [6, 6.07) is 4.99. The summed E-state index contributed by atoms with van der Waals surface area (Å²) in [6.07, 6.45) is 1.79. The predicted octanol–water partition coefficient (Wildman–Crippen LogP) is 1.87. The summed E-state index contributed by atoms with van der Waals surface area (Å²) in [4.78, 5) is 0. The van der Waals surface area contributed by atoms with Crippen LogP contribution in [0.2, 0.25) is 0 Å². The van der Waals surface area contributed by atoms with Gasteiger partial charge in [-0.15, -0.1) is 5.10 Å². The first-order chi connectivity index (χ1) is 7.66. The molecule has 0 amide bonds. The Balaban J connectivity index is 2.10. The minimum atomic E-state index is -0.246. The van der Waals surface area contributed by atoms with Crippen molar-refractivity contribution in [2.75, 3.05) is 5.32 Å². The van der Waals surface area contributed by atoms with Crippen LogP contribution in [0.25, 0.3) is 0 Å². The minimum Gasteiger partial charge on any atom is -0.377 e. The molecule has 2 rings (SSSR count). The molecule has 0 unspecified atom stereocenters. The van der Waals surface area contributed by atoms with Crippen LogP contribution in [0.4, 0.5) is 10.1 Å². The van der Waals surface area contributed by atoms with Crippen LogP contribution >= 0.6 is 0 Å². The summed E-state index contributed by atoms with van der Waals surface area (Å²) in [5.74, 6) is -0.246. The fraction of sp³-hybridized carbons (Fsp3) is 0.273. The molecule has 2 aromatic rings. The van der Waals surface area contributed by atoms with Crippen molar-refractivity contribution in [1.29, 1.82) is 0 Å². The van der Waals surface area contributed by atoms with Gasteiger partial charge >= 0.3 is 0 Å². The average molecular weight is 220 g/mol. The number of benzene rings is 1. The largest absolute Gasteiger partial charge is 0.377 e. The van der Waals surface area contributed by atoms with E-state index < -0.39 is 0 Å². The van der Waals surface area contributed by atoms with Gasteiger partial charge < -0.3 is 5.32 Å². The average Bonchev–Trinajstić information content (AvgIpc) is 2.63. The maximum atomic E-state index is 13.5. The summed E-state index contributed by atoms with van der Waals surface area (Å²) < 4.78 is 15.1. The number of rotatable bonds is 3. The summed E-state index contributed by atoms with van der Waals surface area (Å²) in [6.45, 7) is 2.33. The van der Waals surface area contributed by atoms with Crippen LogP contribution in [0, 0.1) is 12.7 Å². The quantitative estimate of drug-likeness (QED) is 0.858. The van der Waals surface area contributed by atoms with E-state index >= 15 is 0 Å². The van der Waals surface area contributed by atoms with Gasteiger partial charge in [-0.1, -0.05) is 17.3 Å². The molecule has 4 nitrogen and oxygen atoms in total. The molecule has 0 aliphatic heterocycles. The van der Waals surface area contributed by atoms with E-state index in [9.17, 15) is 4.39 Å². The maximum absolute atomic E-state index is 13.5. The second-order valence-corrected chi connectivity index (χ2v) is 3.67. The second-order valence-electron chi connectivity index (χ2n) is 3.67. The van der Waals surface area contributed by atoms with E-state index in [1.807, 2.05) is 13.0 Å². The second kappa shape index (κ2) is 4.30.